The van der Waals surface area contributed by atoms with Gasteiger partial charge in [-0.2, -0.15) is 0 Å². The Morgan fingerprint density at radius 2 is 1.71 bits per heavy atom. The number of hydrogen-bond acceptors (Lipinski definition) is 3. The van der Waals surface area contributed by atoms with E-state index in [0.29, 0.717) is 12.8 Å². The molecule has 1 aliphatic carbocycles. The third kappa shape index (κ3) is 2.23. The second-order valence-corrected chi connectivity index (χ2v) is 4.53. The van der Waals surface area contributed by atoms with Gasteiger partial charge in [-0.3, -0.25) is 19.3 Å². The van der Waals surface area contributed by atoms with Gasteiger partial charge in [0.05, 0.1) is 12.0 Å². The van der Waals surface area contributed by atoms with E-state index in [2.05, 4.69) is 0 Å². The van der Waals surface area contributed by atoms with Crippen LogP contribution in [0.5, 0.6) is 0 Å². The zero-order valence-electron chi connectivity index (χ0n) is 9.46. The highest BCUT2D eigenvalue weighted by molar-refractivity contribution is 6.13. The van der Waals surface area contributed by atoms with Crippen molar-refractivity contribution < 1.29 is 19.5 Å². The summed E-state index contributed by atoms with van der Waals surface area (Å²) in [5, 5.41) is 9.20. The van der Waals surface area contributed by atoms with Gasteiger partial charge in [-0.15, -0.1) is 0 Å². The highest BCUT2D eigenvalue weighted by atomic mass is 16.4. The first kappa shape index (κ1) is 11.8. The van der Waals surface area contributed by atoms with Crippen molar-refractivity contribution in [2.45, 2.75) is 38.1 Å². The van der Waals surface area contributed by atoms with Crippen molar-refractivity contribution in [1.82, 2.24) is 4.90 Å². The molecule has 5 nitrogen and oxygen atoms in total. The minimum atomic E-state index is -0.913. The van der Waals surface area contributed by atoms with E-state index in [1.807, 2.05) is 0 Å². The van der Waals surface area contributed by atoms with Gasteiger partial charge in [-0.1, -0.05) is 19.3 Å². The first-order valence-electron chi connectivity index (χ1n) is 5.89. The summed E-state index contributed by atoms with van der Waals surface area (Å²) in [6.07, 6.45) is 6.23. The summed E-state index contributed by atoms with van der Waals surface area (Å²) in [6, 6.07) is -0.481. The standard InChI is InChI=1S/C12H15NO4/c14-10-6-7-11(15)13(10)9-5-3-1-2-4-8(9)12(16)17/h6-9H,1-5H2,(H,16,17). The highest BCUT2D eigenvalue weighted by Gasteiger charge is 2.39. The van der Waals surface area contributed by atoms with Crippen LogP contribution in [0.2, 0.25) is 0 Å². The van der Waals surface area contributed by atoms with Crippen LogP contribution < -0.4 is 0 Å². The number of carbonyl (C=O) groups is 3. The van der Waals surface area contributed by atoms with Gasteiger partial charge >= 0.3 is 5.97 Å². The Hall–Kier alpha value is -1.65. The fourth-order valence-electron chi connectivity index (χ4n) is 2.62. The predicted molar refractivity (Wildman–Crippen MR) is 59.0 cm³/mol. The molecule has 0 saturated heterocycles. The molecule has 5 heteroatoms. The maximum Gasteiger partial charge on any atom is 0.308 e. The molecule has 0 spiro atoms. The van der Waals surface area contributed by atoms with Crippen LogP contribution in [0.4, 0.5) is 0 Å². The first-order chi connectivity index (χ1) is 8.11. The number of nitrogens with zero attached hydrogens (tertiary/aromatic N) is 1. The van der Waals surface area contributed by atoms with E-state index in [1.54, 1.807) is 0 Å². The Labute approximate surface area is 99.1 Å². The zero-order chi connectivity index (χ0) is 12.4. The summed E-state index contributed by atoms with van der Waals surface area (Å²) in [7, 11) is 0. The van der Waals surface area contributed by atoms with Crippen LogP contribution in [-0.4, -0.2) is 33.8 Å². The van der Waals surface area contributed by atoms with Crippen LogP contribution >= 0.6 is 0 Å². The summed E-state index contributed by atoms with van der Waals surface area (Å²) in [4.78, 5) is 35.5. The van der Waals surface area contributed by atoms with Crippen LogP contribution in [0.1, 0.15) is 32.1 Å². The molecule has 0 radical (unpaired) electrons. The molecule has 2 amide bonds. The van der Waals surface area contributed by atoms with Gasteiger partial charge in [-0.05, 0) is 12.8 Å². The third-order valence-electron chi connectivity index (χ3n) is 3.47. The Morgan fingerprint density at radius 1 is 1.12 bits per heavy atom. The minimum absolute atomic E-state index is 0.381. The molecule has 0 aromatic heterocycles. The number of imide groups is 1. The molecule has 0 bridgehead atoms. The lowest BCUT2D eigenvalue weighted by Crippen LogP contribution is -2.46. The molecule has 1 N–H and O–H groups in total. The van der Waals surface area contributed by atoms with Crippen LogP contribution in [0, 0.1) is 5.92 Å². The van der Waals surface area contributed by atoms with Gasteiger partial charge in [0.1, 0.15) is 0 Å². The quantitative estimate of drug-likeness (QED) is 0.573. The van der Waals surface area contributed by atoms with Crippen LogP contribution in [0.25, 0.3) is 0 Å². The van der Waals surface area contributed by atoms with E-state index in [4.69, 9.17) is 0 Å². The Morgan fingerprint density at radius 3 is 2.29 bits per heavy atom. The number of aliphatic carboxylic acids is 1. The van der Waals surface area contributed by atoms with Gasteiger partial charge in [0.15, 0.2) is 0 Å². The van der Waals surface area contributed by atoms with Crippen molar-refractivity contribution in [3.8, 4) is 0 Å². The summed E-state index contributed by atoms with van der Waals surface area (Å²) < 4.78 is 0. The van der Waals surface area contributed by atoms with Crippen molar-refractivity contribution in [3.05, 3.63) is 12.2 Å². The van der Waals surface area contributed by atoms with Crippen molar-refractivity contribution >= 4 is 17.8 Å². The highest BCUT2D eigenvalue weighted by Crippen LogP contribution is 2.29. The Balaban J connectivity index is 2.23. The lowest BCUT2D eigenvalue weighted by atomic mass is 9.93. The number of amides is 2. The van der Waals surface area contributed by atoms with E-state index in [1.165, 1.54) is 12.2 Å². The van der Waals surface area contributed by atoms with Gasteiger partial charge in [0, 0.05) is 12.2 Å². The lowest BCUT2D eigenvalue weighted by Gasteiger charge is -2.29. The second kappa shape index (κ2) is 4.69. The van der Waals surface area contributed by atoms with Gasteiger partial charge < -0.3 is 5.11 Å². The van der Waals surface area contributed by atoms with E-state index >= 15 is 0 Å². The summed E-state index contributed by atoms with van der Waals surface area (Å²) in [6.45, 7) is 0. The maximum absolute atomic E-state index is 11.6. The number of hydrogen-bond donors (Lipinski definition) is 1. The fraction of sp³-hybridized carbons (Fsp3) is 0.583. The topological polar surface area (TPSA) is 74.7 Å². The Bertz CT molecular complexity index is 370. The average molecular weight is 237 g/mol. The molecule has 2 atom stereocenters. The molecule has 92 valence electrons. The molecular formula is C12H15NO4. The lowest BCUT2D eigenvalue weighted by molar-refractivity contribution is -0.148. The van der Waals surface area contributed by atoms with Gasteiger partial charge in [0.25, 0.3) is 11.8 Å². The molecule has 1 aliphatic heterocycles. The first-order valence-corrected chi connectivity index (χ1v) is 5.89. The molecule has 1 heterocycles. The SMILES string of the molecule is O=C(O)C1CCCCCC1N1C(=O)C=CC1=O. The fourth-order valence-corrected chi connectivity index (χ4v) is 2.62. The molecule has 1 saturated carbocycles. The second-order valence-electron chi connectivity index (χ2n) is 4.53. The van der Waals surface area contributed by atoms with Crippen LogP contribution in [0.15, 0.2) is 12.2 Å². The van der Waals surface area contributed by atoms with Crippen molar-refractivity contribution in [1.29, 1.82) is 0 Å². The van der Waals surface area contributed by atoms with E-state index in [0.717, 1.165) is 24.2 Å². The molecule has 0 aromatic rings. The third-order valence-corrected chi connectivity index (χ3v) is 3.47. The zero-order valence-corrected chi connectivity index (χ0v) is 9.46. The monoisotopic (exact) mass is 237 g/mol. The number of carboxylic acid groups (broad SMARTS) is 1. The average Bonchev–Trinajstić information content (AvgIpc) is 2.53. The van der Waals surface area contributed by atoms with Crippen LogP contribution in [0.3, 0.4) is 0 Å². The molecule has 17 heavy (non-hydrogen) atoms. The predicted octanol–water partition coefficient (Wildman–Crippen LogP) is 0.945. The van der Waals surface area contributed by atoms with E-state index < -0.39 is 17.9 Å². The molecular weight excluding hydrogens is 222 g/mol. The van der Waals surface area contributed by atoms with Gasteiger partial charge in [-0.25, -0.2) is 0 Å². The molecule has 2 aliphatic rings. The van der Waals surface area contributed by atoms with Crippen molar-refractivity contribution in [2.24, 2.45) is 5.92 Å². The minimum Gasteiger partial charge on any atom is -0.481 e. The summed E-state index contributed by atoms with van der Waals surface area (Å²) in [5.41, 5.74) is 0. The summed E-state index contributed by atoms with van der Waals surface area (Å²) in [5.74, 6) is -2.30. The largest absolute Gasteiger partial charge is 0.481 e. The van der Waals surface area contributed by atoms with Crippen molar-refractivity contribution in [3.63, 3.8) is 0 Å². The van der Waals surface area contributed by atoms with Crippen LogP contribution in [-0.2, 0) is 14.4 Å². The normalized spacial score (nSPS) is 29.5. The molecule has 0 aromatic carbocycles. The number of rotatable bonds is 2. The van der Waals surface area contributed by atoms with Gasteiger partial charge in [0.2, 0.25) is 0 Å². The number of carboxylic acids is 1. The smallest absolute Gasteiger partial charge is 0.308 e. The molecule has 2 unspecified atom stereocenters. The Kier molecular flexibility index (Phi) is 3.26. The van der Waals surface area contributed by atoms with E-state index in [-0.39, 0.29) is 11.8 Å². The molecule has 1 fully saturated rings. The molecule has 2 rings (SSSR count). The van der Waals surface area contributed by atoms with E-state index in [9.17, 15) is 19.5 Å². The maximum atomic E-state index is 11.6. The number of carbonyl (C=O) groups excluding carboxylic acids is 2. The summed E-state index contributed by atoms with van der Waals surface area (Å²) >= 11 is 0. The van der Waals surface area contributed by atoms with Crippen molar-refractivity contribution in [2.75, 3.05) is 0 Å².